The summed E-state index contributed by atoms with van der Waals surface area (Å²) in [6, 6.07) is -1.27. The Hall–Kier alpha value is -2.06. The molecule has 1 rings (SSSR count). The lowest BCUT2D eigenvalue weighted by Crippen LogP contribution is -2.42. The van der Waals surface area contributed by atoms with E-state index in [9.17, 15) is 22.8 Å². The van der Waals surface area contributed by atoms with Crippen LogP contribution in [0.5, 0.6) is 0 Å². The lowest BCUT2D eigenvalue weighted by Gasteiger charge is -2.24. The van der Waals surface area contributed by atoms with Gasteiger partial charge in [0.1, 0.15) is 6.04 Å². The van der Waals surface area contributed by atoms with Gasteiger partial charge in [0.15, 0.2) is 5.69 Å². The van der Waals surface area contributed by atoms with Crippen LogP contribution in [0.1, 0.15) is 57.1 Å². The topological polar surface area (TPSA) is 84.2 Å². The van der Waals surface area contributed by atoms with Crippen LogP contribution in [0.15, 0.2) is 6.20 Å². The number of hydrogen-bond donors (Lipinski definition) is 2. The summed E-state index contributed by atoms with van der Waals surface area (Å²) in [5, 5.41) is 14.9. The van der Waals surface area contributed by atoms with E-state index in [-0.39, 0.29) is 12.3 Å². The molecule has 0 aliphatic carbocycles. The number of aliphatic carboxylic acids is 1. The highest BCUT2D eigenvalue weighted by Crippen LogP contribution is 2.34. The van der Waals surface area contributed by atoms with Crippen molar-refractivity contribution in [2.45, 2.75) is 58.8 Å². The highest BCUT2D eigenvalue weighted by Gasteiger charge is 2.42. The highest BCUT2D eigenvalue weighted by molar-refractivity contribution is 5.97. The number of carboxylic acids is 1. The van der Waals surface area contributed by atoms with Crippen LogP contribution in [0.3, 0.4) is 0 Å². The van der Waals surface area contributed by atoms with E-state index >= 15 is 0 Å². The number of carboxylic acid groups (broad SMARTS) is 1. The summed E-state index contributed by atoms with van der Waals surface area (Å²) in [7, 11) is 0. The number of nitrogens with zero attached hydrogens (tertiary/aromatic N) is 2. The van der Waals surface area contributed by atoms with Gasteiger partial charge < -0.3 is 10.4 Å². The van der Waals surface area contributed by atoms with E-state index in [1.807, 2.05) is 0 Å². The SMILES string of the molecule is CC(C)C[C@@H](NC(=O)c1cnn(C(C)(C)C)c1C(F)(F)F)C(=O)O. The normalized spacial score (nSPS) is 13.9. The van der Waals surface area contributed by atoms with Gasteiger partial charge in [-0.05, 0) is 33.1 Å². The average molecular weight is 349 g/mol. The maximum absolute atomic E-state index is 13.4. The zero-order chi connectivity index (χ0) is 18.9. The number of aromatic nitrogens is 2. The molecular weight excluding hydrogens is 327 g/mol. The number of rotatable bonds is 5. The number of carbonyl (C=O) groups is 2. The summed E-state index contributed by atoms with van der Waals surface area (Å²) in [6.07, 6.45) is -3.87. The molecule has 0 saturated carbocycles. The van der Waals surface area contributed by atoms with E-state index in [2.05, 4.69) is 10.4 Å². The van der Waals surface area contributed by atoms with Crippen LogP contribution in [-0.2, 0) is 16.5 Å². The molecule has 0 aliphatic heterocycles. The lowest BCUT2D eigenvalue weighted by molar-refractivity contribution is -0.146. The Labute approximate surface area is 138 Å². The van der Waals surface area contributed by atoms with Crippen LogP contribution in [0.2, 0.25) is 0 Å². The van der Waals surface area contributed by atoms with Crippen molar-refractivity contribution < 1.29 is 27.9 Å². The predicted molar refractivity (Wildman–Crippen MR) is 80.6 cm³/mol. The molecule has 1 aromatic rings. The molecular formula is C15H22F3N3O3. The minimum Gasteiger partial charge on any atom is -0.480 e. The summed E-state index contributed by atoms with van der Waals surface area (Å²) in [5.74, 6) is -2.45. The maximum atomic E-state index is 13.4. The average Bonchev–Trinajstić information content (AvgIpc) is 2.81. The summed E-state index contributed by atoms with van der Waals surface area (Å²) in [5.41, 5.74) is -2.87. The van der Waals surface area contributed by atoms with Gasteiger partial charge in [0.25, 0.3) is 5.91 Å². The Kier molecular flexibility index (Phi) is 5.68. The summed E-state index contributed by atoms with van der Waals surface area (Å²) in [6.45, 7) is 8.07. The lowest BCUT2D eigenvalue weighted by atomic mass is 10.0. The van der Waals surface area contributed by atoms with Gasteiger partial charge in [-0.3, -0.25) is 9.48 Å². The quantitative estimate of drug-likeness (QED) is 0.856. The van der Waals surface area contributed by atoms with E-state index < -0.39 is 40.9 Å². The van der Waals surface area contributed by atoms with Crippen LogP contribution in [0, 0.1) is 5.92 Å². The van der Waals surface area contributed by atoms with Crippen molar-refractivity contribution in [1.29, 1.82) is 0 Å². The first kappa shape index (κ1) is 20.0. The molecule has 1 amide bonds. The van der Waals surface area contributed by atoms with Crippen molar-refractivity contribution in [3.05, 3.63) is 17.5 Å². The number of carbonyl (C=O) groups excluding carboxylic acids is 1. The zero-order valence-corrected chi connectivity index (χ0v) is 14.2. The molecule has 0 radical (unpaired) electrons. The van der Waals surface area contributed by atoms with Crippen LogP contribution in [0.4, 0.5) is 13.2 Å². The molecule has 2 N–H and O–H groups in total. The molecule has 0 bridgehead atoms. The Bertz CT molecular complexity index is 616. The molecule has 0 spiro atoms. The Morgan fingerprint density at radius 3 is 2.21 bits per heavy atom. The first-order chi connectivity index (χ1) is 10.7. The summed E-state index contributed by atoms with van der Waals surface area (Å²) in [4.78, 5) is 23.4. The number of halogens is 3. The van der Waals surface area contributed by atoms with Crippen molar-refractivity contribution in [2.75, 3.05) is 0 Å². The van der Waals surface area contributed by atoms with E-state index in [1.54, 1.807) is 13.8 Å². The van der Waals surface area contributed by atoms with Gasteiger partial charge in [-0.2, -0.15) is 18.3 Å². The van der Waals surface area contributed by atoms with Crippen LogP contribution in [0.25, 0.3) is 0 Å². The molecule has 1 aromatic heterocycles. The number of amides is 1. The van der Waals surface area contributed by atoms with Crippen molar-refractivity contribution in [3.8, 4) is 0 Å². The van der Waals surface area contributed by atoms with Gasteiger partial charge >= 0.3 is 12.1 Å². The van der Waals surface area contributed by atoms with E-state index in [0.29, 0.717) is 0 Å². The standard InChI is InChI=1S/C15H22F3N3O3/c1-8(2)6-10(13(23)24)20-12(22)9-7-19-21(14(3,4)5)11(9)15(16,17)18/h7-8,10H,6H2,1-5H3,(H,20,22)(H,23,24)/t10-/m1/s1. The van der Waals surface area contributed by atoms with Gasteiger partial charge in [0.2, 0.25) is 0 Å². The minimum atomic E-state index is -4.80. The van der Waals surface area contributed by atoms with Crippen LogP contribution >= 0.6 is 0 Å². The fourth-order valence-electron chi connectivity index (χ4n) is 2.22. The molecule has 136 valence electrons. The molecule has 0 saturated heterocycles. The predicted octanol–water partition coefficient (Wildman–Crippen LogP) is 2.89. The first-order valence-corrected chi connectivity index (χ1v) is 7.44. The Morgan fingerprint density at radius 1 is 1.29 bits per heavy atom. The largest absolute Gasteiger partial charge is 0.480 e. The number of nitrogens with one attached hydrogen (secondary N) is 1. The summed E-state index contributed by atoms with van der Waals surface area (Å²) >= 11 is 0. The van der Waals surface area contributed by atoms with E-state index in [1.165, 1.54) is 20.8 Å². The molecule has 24 heavy (non-hydrogen) atoms. The molecule has 0 fully saturated rings. The van der Waals surface area contributed by atoms with Gasteiger partial charge in [0, 0.05) is 0 Å². The van der Waals surface area contributed by atoms with E-state index in [0.717, 1.165) is 10.9 Å². The second kappa shape index (κ2) is 6.82. The molecule has 9 heteroatoms. The van der Waals surface area contributed by atoms with Crippen molar-refractivity contribution in [2.24, 2.45) is 5.92 Å². The second-order valence-electron chi connectivity index (χ2n) is 6.98. The monoisotopic (exact) mass is 349 g/mol. The highest BCUT2D eigenvalue weighted by atomic mass is 19.4. The molecule has 1 heterocycles. The zero-order valence-electron chi connectivity index (χ0n) is 14.2. The smallest absolute Gasteiger partial charge is 0.433 e. The molecule has 0 unspecified atom stereocenters. The molecule has 0 aromatic carbocycles. The third-order valence-electron chi connectivity index (χ3n) is 3.23. The Morgan fingerprint density at radius 2 is 1.83 bits per heavy atom. The van der Waals surface area contributed by atoms with Crippen LogP contribution in [-0.4, -0.2) is 32.8 Å². The number of alkyl halides is 3. The molecule has 6 nitrogen and oxygen atoms in total. The fraction of sp³-hybridized carbons (Fsp3) is 0.667. The van der Waals surface area contributed by atoms with Crippen molar-refractivity contribution in [3.63, 3.8) is 0 Å². The number of hydrogen-bond acceptors (Lipinski definition) is 3. The molecule has 0 aliphatic rings. The first-order valence-electron chi connectivity index (χ1n) is 7.44. The second-order valence-corrected chi connectivity index (χ2v) is 6.98. The minimum absolute atomic E-state index is 0.0502. The Balaban J connectivity index is 3.24. The van der Waals surface area contributed by atoms with Gasteiger partial charge in [-0.15, -0.1) is 0 Å². The fourth-order valence-corrected chi connectivity index (χ4v) is 2.22. The van der Waals surface area contributed by atoms with Gasteiger partial charge in [-0.25, -0.2) is 4.79 Å². The van der Waals surface area contributed by atoms with Crippen molar-refractivity contribution in [1.82, 2.24) is 15.1 Å². The van der Waals surface area contributed by atoms with E-state index in [4.69, 9.17) is 5.11 Å². The van der Waals surface area contributed by atoms with Gasteiger partial charge in [0.05, 0.1) is 17.3 Å². The third kappa shape index (κ3) is 4.72. The van der Waals surface area contributed by atoms with Crippen molar-refractivity contribution >= 4 is 11.9 Å². The van der Waals surface area contributed by atoms with Crippen LogP contribution < -0.4 is 5.32 Å². The maximum Gasteiger partial charge on any atom is 0.433 e. The van der Waals surface area contributed by atoms with Gasteiger partial charge in [-0.1, -0.05) is 13.8 Å². The summed E-state index contributed by atoms with van der Waals surface area (Å²) < 4.78 is 40.9. The third-order valence-corrected chi connectivity index (χ3v) is 3.23. The molecule has 1 atom stereocenters.